The minimum atomic E-state index is -0.0551. The highest BCUT2D eigenvalue weighted by Crippen LogP contribution is 2.26. The molecule has 1 saturated heterocycles. The molecule has 0 aliphatic carbocycles. The fourth-order valence-electron chi connectivity index (χ4n) is 2.62. The number of rotatable bonds is 2. The lowest BCUT2D eigenvalue weighted by Gasteiger charge is -2.31. The molecule has 1 aromatic carbocycles. The van der Waals surface area contributed by atoms with Crippen molar-refractivity contribution < 1.29 is 9.53 Å². The van der Waals surface area contributed by atoms with E-state index in [4.69, 9.17) is 9.72 Å². The van der Waals surface area contributed by atoms with E-state index in [1.807, 2.05) is 0 Å². The van der Waals surface area contributed by atoms with Crippen molar-refractivity contribution in [1.29, 1.82) is 0 Å². The molecular formula is C16H19BrN4O2. The molecule has 1 unspecified atom stereocenters. The molecule has 1 atom stereocenters. The number of carbonyl (C=O) groups excluding carboxylic acids is 1. The molecule has 0 spiro atoms. The average molecular weight is 379 g/mol. The number of hydrogen-bond donors (Lipinski definition) is 0. The molecular weight excluding hydrogens is 360 g/mol. The topological polar surface area (TPSA) is 58.6 Å². The molecule has 1 aliphatic heterocycles. The van der Waals surface area contributed by atoms with Gasteiger partial charge in [-0.05, 0) is 35.0 Å². The van der Waals surface area contributed by atoms with Crippen LogP contribution in [0.4, 0.5) is 5.82 Å². The minimum absolute atomic E-state index is 0.0551. The Balaban J connectivity index is 1.99. The van der Waals surface area contributed by atoms with Gasteiger partial charge in [-0.25, -0.2) is 4.98 Å². The van der Waals surface area contributed by atoms with E-state index in [1.54, 1.807) is 37.3 Å². The highest BCUT2D eigenvalue weighted by atomic mass is 79.9. The molecule has 0 bridgehead atoms. The molecule has 0 saturated carbocycles. The van der Waals surface area contributed by atoms with E-state index in [0.29, 0.717) is 17.7 Å². The third kappa shape index (κ3) is 3.30. The van der Waals surface area contributed by atoms with Gasteiger partial charge in [0.2, 0.25) is 0 Å². The molecule has 1 amide bonds. The lowest BCUT2D eigenvalue weighted by molar-refractivity contribution is 0.0529. The van der Waals surface area contributed by atoms with Crippen LogP contribution in [0.5, 0.6) is 0 Å². The van der Waals surface area contributed by atoms with Crippen LogP contribution in [-0.2, 0) is 4.74 Å². The Morgan fingerprint density at radius 2 is 2.22 bits per heavy atom. The van der Waals surface area contributed by atoms with Crippen molar-refractivity contribution in [1.82, 2.24) is 14.9 Å². The number of amides is 1. The van der Waals surface area contributed by atoms with Crippen LogP contribution in [0.2, 0.25) is 0 Å². The fourth-order valence-corrected chi connectivity index (χ4v) is 3.16. The van der Waals surface area contributed by atoms with Crippen LogP contribution in [0.1, 0.15) is 17.3 Å². The van der Waals surface area contributed by atoms with E-state index < -0.39 is 0 Å². The van der Waals surface area contributed by atoms with Gasteiger partial charge in [-0.15, -0.1) is 0 Å². The summed E-state index contributed by atoms with van der Waals surface area (Å²) in [6.45, 7) is 4.35. The molecule has 2 aromatic rings. The maximum atomic E-state index is 12.1. The second-order valence-corrected chi connectivity index (χ2v) is 6.74. The summed E-state index contributed by atoms with van der Waals surface area (Å²) in [5, 5.41) is 0. The van der Waals surface area contributed by atoms with E-state index in [0.717, 1.165) is 28.9 Å². The van der Waals surface area contributed by atoms with Crippen molar-refractivity contribution >= 4 is 38.7 Å². The summed E-state index contributed by atoms with van der Waals surface area (Å²) < 4.78 is 6.34. The summed E-state index contributed by atoms with van der Waals surface area (Å²) in [5.41, 5.74) is 2.06. The van der Waals surface area contributed by atoms with Gasteiger partial charge < -0.3 is 14.5 Å². The van der Waals surface area contributed by atoms with Gasteiger partial charge in [0.15, 0.2) is 0 Å². The number of morpholine rings is 1. The van der Waals surface area contributed by atoms with E-state index >= 15 is 0 Å². The number of fused-ring (bicyclic) bond motifs is 1. The van der Waals surface area contributed by atoms with E-state index in [2.05, 4.69) is 32.7 Å². The van der Waals surface area contributed by atoms with Crippen molar-refractivity contribution in [3.8, 4) is 0 Å². The normalized spacial score (nSPS) is 18.3. The van der Waals surface area contributed by atoms with Gasteiger partial charge in [0, 0.05) is 37.2 Å². The van der Waals surface area contributed by atoms with Gasteiger partial charge in [0.05, 0.1) is 24.4 Å². The second-order valence-electron chi connectivity index (χ2n) is 5.88. The van der Waals surface area contributed by atoms with Crippen LogP contribution in [0.3, 0.4) is 0 Å². The molecule has 1 fully saturated rings. The summed E-state index contributed by atoms with van der Waals surface area (Å²) >= 11 is 3.52. The summed E-state index contributed by atoms with van der Waals surface area (Å²) in [6, 6.07) is 3.58. The number of nitrogens with zero attached hydrogens (tertiary/aromatic N) is 4. The SMILES string of the molecule is CC1CN(c2cnc3cc(C(=O)N(C)C)cc(Br)c3n2)CCO1. The van der Waals surface area contributed by atoms with E-state index in [9.17, 15) is 4.79 Å². The summed E-state index contributed by atoms with van der Waals surface area (Å²) in [7, 11) is 3.46. The molecule has 23 heavy (non-hydrogen) atoms. The predicted octanol–water partition coefficient (Wildman–Crippen LogP) is 2.32. The lowest BCUT2D eigenvalue weighted by atomic mass is 10.1. The van der Waals surface area contributed by atoms with Crippen molar-refractivity contribution in [2.75, 3.05) is 38.7 Å². The minimum Gasteiger partial charge on any atom is -0.375 e. The van der Waals surface area contributed by atoms with Gasteiger partial charge in [-0.2, -0.15) is 0 Å². The lowest BCUT2D eigenvalue weighted by Crippen LogP contribution is -2.41. The molecule has 1 aliphatic rings. The Bertz CT molecular complexity index is 750. The third-order valence-corrected chi connectivity index (χ3v) is 4.41. The average Bonchev–Trinajstić information content (AvgIpc) is 2.53. The van der Waals surface area contributed by atoms with Gasteiger partial charge in [0.1, 0.15) is 11.3 Å². The Kier molecular flexibility index (Phi) is 4.50. The van der Waals surface area contributed by atoms with Crippen LogP contribution >= 0.6 is 15.9 Å². The second kappa shape index (κ2) is 6.41. The maximum absolute atomic E-state index is 12.1. The van der Waals surface area contributed by atoms with Gasteiger partial charge in [-0.3, -0.25) is 9.78 Å². The molecule has 3 rings (SSSR count). The van der Waals surface area contributed by atoms with Crippen LogP contribution in [0, 0.1) is 0 Å². The molecule has 1 aromatic heterocycles. The van der Waals surface area contributed by atoms with Gasteiger partial charge in [-0.1, -0.05) is 0 Å². The third-order valence-electron chi connectivity index (χ3n) is 3.81. The smallest absolute Gasteiger partial charge is 0.253 e. The number of benzene rings is 1. The molecule has 6 nitrogen and oxygen atoms in total. The first-order valence-corrected chi connectivity index (χ1v) is 8.29. The van der Waals surface area contributed by atoms with Crippen molar-refractivity contribution in [2.24, 2.45) is 0 Å². The molecule has 122 valence electrons. The Morgan fingerprint density at radius 1 is 1.43 bits per heavy atom. The van der Waals surface area contributed by atoms with E-state index in [-0.39, 0.29) is 12.0 Å². The summed E-state index contributed by atoms with van der Waals surface area (Å²) in [6.07, 6.45) is 1.95. The number of carbonyl (C=O) groups is 1. The highest BCUT2D eigenvalue weighted by Gasteiger charge is 2.19. The zero-order valence-electron chi connectivity index (χ0n) is 13.4. The fraction of sp³-hybridized carbons (Fsp3) is 0.438. The zero-order valence-corrected chi connectivity index (χ0v) is 15.0. The number of ether oxygens (including phenoxy) is 1. The first-order chi connectivity index (χ1) is 11.0. The largest absolute Gasteiger partial charge is 0.375 e. The monoisotopic (exact) mass is 378 g/mol. The van der Waals surface area contributed by atoms with Gasteiger partial charge in [0.25, 0.3) is 5.91 Å². The Labute approximate surface area is 143 Å². The van der Waals surface area contributed by atoms with Crippen LogP contribution in [0.25, 0.3) is 11.0 Å². The quantitative estimate of drug-likeness (QED) is 0.802. The highest BCUT2D eigenvalue weighted by molar-refractivity contribution is 9.10. The van der Waals surface area contributed by atoms with Crippen molar-refractivity contribution in [3.05, 3.63) is 28.4 Å². The Hall–Kier alpha value is -1.73. The summed E-state index contributed by atoms with van der Waals surface area (Å²) in [4.78, 5) is 25.1. The van der Waals surface area contributed by atoms with Crippen molar-refractivity contribution in [3.63, 3.8) is 0 Å². The zero-order chi connectivity index (χ0) is 16.6. The number of aromatic nitrogens is 2. The molecule has 0 radical (unpaired) electrons. The molecule has 7 heteroatoms. The number of anilines is 1. The molecule has 0 N–H and O–H groups in total. The van der Waals surface area contributed by atoms with Crippen molar-refractivity contribution in [2.45, 2.75) is 13.0 Å². The van der Waals surface area contributed by atoms with Crippen LogP contribution < -0.4 is 4.90 Å². The summed E-state index contributed by atoms with van der Waals surface area (Å²) in [5.74, 6) is 0.778. The Morgan fingerprint density at radius 3 is 2.91 bits per heavy atom. The predicted molar refractivity (Wildman–Crippen MR) is 92.9 cm³/mol. The standard InChI is InChI=1S/C16H19BrN4O2/c1-10-9-21(4-5-23-10)14-8-18-13-7-11(16(22)20(2)3)6-12(17)15(13)19-14/h6-8,10H,4-5,9H2,1-3H3. The van der Waals surface area contributed by atoms with Gasteiger partial charge >= 0.3 is 0 Å². The van der Waals surface area contributed by atoms with E-state index in [1.165, 1.54) is 0 Å². The maximum Gasteiger partial charge on any atom is 0.253 e. The number of halogens is 1. The molecule has 2 heterocycles. The van der Waals surface area contributed by atoms with Crippen LogP contribution in [0.15, 0.2) is 22.8 Å². The van der Waals surface area contributed by atoms with Crippen LogP contribution in [-0.4, -0.2) is 60.7 Å². The first-order valence-electron chi connectivity index (χ1n) is 7.50. The first kappa shape index (κ1) is 16.1. The number of hydrogen-bond acceptors (Lipinski definition) is 5.